The Morgan fingerprint density at radius 2 is 2.28 bits per heavy atom. The molecule has 1 saturated carbocycles. The van der Waals surface area contributed by atoms with Crippen LogP contribution in [-0.2, 0) is 0 Å². The average molecular weight is 239 g/mol. The monoisotopic (exact) mass is 239 g/mol. The Bertz CT molecular complexity index is 620. The van der Waals surface area contributed by atoms with E-state index < -0.39 is 0 Å². The zero-order valence-corrected chi connectivity index (χ0v) is 10.1. The molecule has 18 heavy (non-hydrogen) atoms. The predicted molar refractivity (Wildman–Crippen MR) is 68.0 cm³/mol. The molecule has 1 aromatic heterocycles. The van der Waals surface area contributed by atoms with Gasteiger partial charge in [-0.3, -0.25) is 0 Å². The molecule has 1 heterocycles. The number of aryl methyl sites for hydroxylation is 1. The molecule has 0 radical (unpaired) electrons. The summed E-state index contributed by atoms with van der Waals surface area (Å²) in [4.78, 5) is 4.23. The van der Waals surface area contributed by atoms with Crippen molar-refractivity contribution >= 4 is 5.88 Å². The molecule has 90 valence electrons. The zero-order chi connectivity index (χ0) is 12.5. The Hall–Kier alpha value is -2.28. The summed E-state index contributed by atoms with van der Waals surface area (Å²) in [6, 6.07) is 10.4. The van der Waals surface area contributed by atoms with Gasteiger partial charge in [0.2, 0.25) is 17.5 Å². The van der Waals surface area contributed by atoms with Crippen LogP contribution in [0.3, 0.4) is 0 Å². The summed E-state index contributed by atoms with van der Waals surface area (Å²) in [7, 11) is 0. The fourth-order valence-electron chi connectivity index (χ4n) is 1.81. The van der Waals surface area contributed by atoms with E-state index in [0.29, 0.717) is 23.5 Å². The van der Waals surface area contributed by atoms with Gasteiger partial charge in [-0.25, -0.2) is 0 Å². The Morgan fingerprint density at radius 3 is 2.94 bits per heavy atom. The lowest BCUT2D eigenvalue weighted by Crippen LogP contribution is -2.00. The highest BCUT2D eigenvalue weighted by Crippen LogP contribution is 2.30. The highest BCUT2D eigenvalue weighted by Gasteiger charge is 2.25. The minimum Gasteiger partial charge on any atom is -0.419 e. The van der Waals surface area contributed by atoms with Crippen molar-refractivity contribution in [2.45, 2.75) is 25.8 Å². The van der Waals surface area contributed by atoms with Crippen LogP contribution in [0.4, 0.5) is 5.88 Å². The molecule has 1 aliphatic carbocycles. The molecule has 1 aromatic carbocycles. The molecule has 1 fully saturated rings. The summed E-state index contributed by atoms with van der Waals surface area (Å²) < 4.78 is 5.65. The van der Waals surface area contributed by atoms with Gasteiger partial charge in [0.1, 0.15) is 6.07 Å². The quantitative estimate of drug-likeness (QED) is 0.894. The molecule has 0 aliphatic heterocycles. The minimum absolute atomic E-state index is 0.332. The first-order valence-corrected chi connectivity index (χ1v) is 6.01. The molecule has 0 spiro atoms. The molecular weight excluding hydrogens is 226 g/mol. The van der Waals surface area contributed by atoms with Crippen molar-refractivity contribution in [1.82, 2.24) is 4.98 Å². The third kappa shape index (κ3) is 2.07. The molecule has 1 aliphatic rings. The average Bonchev–Trinajstić information content (AvgIpc) is 3.07. The second-order valence-electron chi connectivity index (χ2n) is 4.60. The highest BCUT2D eigenvalue weighted by atomic mass is 16.4. The van der Waals surface area contributed by atoms with Gasteiger partial charge < -0.3 is 9.73 Å². The number of hydrogen-bond donors (Lipinski definition) is 1. The van der Waals surface area contributed by atoms with E-state index in [1.807, 2.05) is 31.2 Å². The topological polar surface area (TPSA) is 61.9 Å². The molecule has 2 aromatic rings. The maximum atomic E-state index is 9.05. The van der Waals surface area contributed by atoms with Crippen LogP contribution in [-0.4, -0.2) is 11.0 Å². The molecule has 0 saturated heterocycles. The van der Waals surface area contributed by atoms with E-state index in [1.165, 1.54) is 0 Å². The van der Waals surface area contributed by atoms with E-state index in [1.54, 1.807) is 0 Å². The van der Waals surface area contributed by atoms with Crippen molar-refractivity contribution < 1.29 is 4.42 Å². The van der Waals surface area contributed by atoms with Crippen molar-refractivity contribution in [3.05, 3.63) is 35.5 Å². The van der Waals surface area contributed by atoms with Crippen molar-refractivity contribution in [2.24, 2.45) is 0 Å². The Kier molecular flexibility index (Phi) is 2.52. The minimum atomic E-state index is 0.332. The summed E-state index contributed by atoms with van der Waals surface area (Å²) in [5, 5.41) is 12.2. The second-order valence-corrected chi connectivity index (χ2v) is 4.60. The molecule has 1 N–H and O–H groups in total. The Labute approximate surface area is 105 Å². The Morgan fingerprint density at radius 1 is 1.44 bits per heavy atom. The summed E-state index contributed by atoms with van der Waals surface area (Å²) >= 11 is 0. The van der Waals surface area contributed by atoms with Crippen LogP contribution in [0.15, 0.2) is 28.7 Å². The number of nitrogens with zero attached hydrogens (tertiary/aromatic N) is 2. The second kappa shape index (κ2) is 4.19. The largest absolute Gasteiger partial charge is 0.419 e. The molecule has 3 rings (SSSR count). The van der Waals surface area contributed by atoms with Gasteiger partial charge in [-0.15, -0.1) is 0 Å². The van der Waals surface area contributed by atoms with Gasteiger partial charge >= 0.3 is 0 Å². The van der Waals surface area contributed by atoms with E-state index in [2.05, 4.69) is 16.4 Å². The number of nitrogens with one attached hydrogen (secondary N) is 1. The molecule has 0 bridgehead atoms. The first-order valence-electron chi connectivity index (χ1n) is 6.01. The van der Waals surface area contributed by atoms with E-state index in [0.717, 1.165) is 24.0 Å². The van der Waals surface area contributed by atoms with Crippen LogP contribution in [0.25, 0.3) is 11.5 Å². The summed E-state index contributed by atoms with van der Waals surface area (Å²) in [6.45, 7) is 2.01. The van der Waals surface area contributed by atoms with E-state index >= 15 is 0 Å². The van der Waals surface area contributed by atoms with Crippen LogP contribution in [0, 0.1) is 18.3 Å². The van der Waals surface area contributed by atoms with Crippen LogP contribution >= 0.6 is 0 Å². The molecular formula is C14H13N3O. The fraction of sp³-hybridized carbons (Fsp3) is 0.286. The number of benzene rings is 1. The summed E-state index contributed by atoms with van der Waals surface area (Å²) in [5.41, 5.74) is 2.37. The Balaban J connectivity index is 1.97. The standard InChI is InChI=1S/C14H13N3O/c1-9-3-2-4-10(7-9)13-17-12(8-15)14(18-13)16-11-5-6-11/h2-4,7,11,16H,5-6H2,1H3. The number of oxazole rings is 1. The van der Waals surface area contributed by atoms with Crippen LogP contribution in [0.5, 0.6) is 0 Å². The normalized spacial score (nSPS) is 14.2. The lowest BCUT2D eigenvalue weighted by atomic mass is 10.1. The predicted octanol–water partition coefficient (Wildman–Crippen LogP) is 3.10. The lowest BCUT2D eigenvalue weighted by Gasteiger charge is -1.98. The maximum Gasteiger partial charge on any atom is 0.232 e. The van der Waals surface area contributed by atoms with Gasteiger partial charge in [-0.2, -0.15) is 10.2 Å². The van der Waals surface area contributed by atoms with Crippen LogP contribution in [0.1, 0.15) is 24.1 Å². The molecule has 0 unspecified atom stereocenters. The number of hydrogen-bond acceptors (Lipinski definition) is 4. The van der Waals surface area contributed by atoms with Crippen molar-refractivity contribution in [2.75, 3.05) is 5.32 Å². The van der Waals surface area contributed by atoms with E-state index in [9.17, 15) is 0 Å². The lowest BCUT2D eigenvalue weighted by molar-refractivity contribution is 0.585. The third-order valence-corrected chi connectivity index (χ3v) is 2.91. The first-order chi connectivity index (χ1) is 8.76. The van der Waals surface area contributed by atoms with Crippen molar-refractivity contribution in [3.8, 4) is 17.5 Å². The molecule has 4 nitrogen and oxygen atoms in total. The number of anilines is 1. The van der Waals surface area contributed by atoms with Gasteiger partial charge in [0.15, 0.2) is 0 Å². The van der Waals surface area contributed by atoms with Gasteiger partial charge in [0.25, 0.3) is 0 Å². The first kappa shape index (κ1) is 10.8. The fourth-order valence-corrected chi connectivity index (χ4v) is 1.81. The molecule has 4 heteroatoms. The highest BCUT2D eigenvalue weighted by molar-refractivity contribution is 5.59. The summed E-state index contributed by atoms with van der Waals surface area (Å²) in [5.74, 6) is 0.995. The van der Waals surface area contributed by atoms with Gasteiger partial charge in [0.05, 0.1) is 0 Å². The molecule has 0 atom stereocenters. The zero-order valence-electron chi connectivity index (χ0n) is 10.1. The van der Waals surface area contributed by atoms with Crippen LogP contribution in [0.2, 0.25) is 0 Å². The van der Waals surface area contributed by atoms with Gasteiger partial charge in [0, 0.05) is 11.6 Å². The number of rotatable bonds is 3. The smallest absolute Gasteiger partial charge is 0.232 e. The SMILES string of the molecule is Cc1cccc(-c2nc(C#N)c(NC3CC3)o2)c1. The summed E-state index contributed by atoms with van der Waals surface area (Å²) in [6.07, 6.45) is 2.26. The van der Waals surface area contributed by atoms with Crippen molar-refractivity contribution in [3.63, 3.8) is 0 Å². The van der Waals surface area contributed by atoms with E-state index in [4.69, 9.17) is 9.68 Å². The van der Waals surface area contributed by atoms with E-state index in [-0.39, 0.29) is 0 Å². The van der Waals surface area contributed by atoms with Gasteiger partial charge in [-0.05, 0) is 31.9 Å². The van der Waals surface area contributed by atoms with Crippen LogP contribution < -0.4 is 5.32 Å². The maximum absolute atomic E-state index is 9.05. The number of aromatic nitrogens is 1. The third-order valence-electron chi connectivity index (χ3n) is 2.91. The van der Waals surface area contributed by atoms with Crippen molar-refractivity contribution in [1.29, 1.82) is 5.26 Å². The van der Waals surface area contributed by atoms with Gasteiger partial charge in [-0.1, -0.05) is 17.7 Å². The number of nitriles is 1. The molecule has 0 amide bonds.